The van der Waals surface area contributed by atoms with Crippen molar-refractivity contribution in [1.29, 1.82) is 0 Å². The molecule has 1 aliphatic heterocycles. The van der Waals surface area contributed by atoms with E-state index in [1.54, 1.807) is 18.2 Å². The number of sulfonamides is 1. The Morgan fingerprint density at radius 2 is 1.93 bits per heavy atom. The molecule has 0 saturated heterocycles. The van der Waals surface area contributed by atoms with Gasteiger partial charge in [-0.05, 0) is 35.9 Å². The van der Waals surface area contributed by atoms with Gasteiger partial charge in [0.15, 0.2) is 11.5 Å². The number of ether oxygens (including phenoxy) is 3. The minimum absolute atomic E-state index is 0.0259. The van der Waals surface area contributed by atoms with Crippen LogP contribution in [0, 0.1) is 0 Å². The summed E-state index contributed by atoms with van der Waals surface area (Å²) in [6.07, 6.45) is 0.772. The van der Waals surface area contributed by atoms with Crippen LogP contribution in [0.15, 0.2) is 35.2 Å². The summed E-state index contributed by atoms with van der Waals surface area (Å²) in [5, 5.41) is 3.09. The molecule has 1 N–H and O–H groups in total. The molecular formula is C20H23ClN2O6S. The van der Waals surface area contributed by atoms with Gasteiger partial charge >= 0.3 is 0 Å². The van der Waals surface area contributed by atoms with E-state index in [9.17, 15) is 13.2 Å². The molecule has 0 unspecified atom stereocenters. The molecule has 0 aromatic heterocycles. The van der Waals surface area contributed by atoms with Gasteiger partial charge in [-0.3, -0.25) is 4.79 Å². The Bertz CT molecular complexity index is 1060. The van der Waals surface area contributed by atoms with Crippen molar-refractivity contribution in [2.75, 3.05) is 39.7 Å². The Kier molecular flexibility index (Phi) is 6.74. The van der Waals surface area contributed by atoms with Crippen molar-refractivity contribution in [2.24, 2.45) is 0 Å². The average Bonchev–Trinajstić information content (AvgIpc) is 2.93. The zero-order chi connectivity index (χ0) is 21.9. The van der Waals surface area contributed by atoms with Crippen molar-refractivity contribution in [3.63, 3.8) is 0 Å². The van der Waals surface area contributed by atoms with Crippen molar-refractivity contribution < 1.29 is 27.4 Å². The highest BCUT2D eigenvalue weighted by atomic mass is 35.5. The number of hydrogen-bond donors (Lipinski definition) is 1. The van der Waals surface area contributed by atoms with Crippen LogP contribution >= 0.6 is 11.6 Å². The summed E-state index contributed by atoms with van der Waals surface area (Å²) >= 11 is 6.28. The van der Waals surface area contributed by atoms with Gasteiger partial charge in [0, 0.05) is 26.2 Å². The second-order valence-electron chi connectivity index (χ2n) is 6.83. The third-order valence-corrected chi connectivity index (χ3v) is 6.55. The van der Waals surface area contributed by atoms with E-state index in [0.29, 0.717) is 41.0 Å². The summed E-state index contributed by atoms with van der Waals surface area (Å²) < 4.78 is 42.5. The first-order valence-electron chi connectivity index (χ1n) is 9.21. The molecule has 1 aliphatic rings. The first-order valence-corrected chi connectivity index (χ1v) is 11.0. The summed E-state index contributed by atoms with van der Waals surface area (Å²) in [5.41, 5.74) is 0.984. The second kappa shape index (κ2) is 9.11. The zero-order valence-electron chi connectivity index (χ0n) is 16.9. The molecule has 0 bridgehead atoms. The number of amides is 1. The van der Waals surface area contributed by atoms with Crippen molar-refractivity contribution in [2.45, 2.75) is 17.7 Å². The molecule has 0 spiro atoms. The van der Waals surface area contributed by atoms with Gasteiger partial charge in [-0.2, -0.15) is 0 Å². The molecule has 0 radical (unpaired) electrons. The Hall–Kier alpha value is -2.49. The fourth-order valence-corrected chi connectivity index (χ4v) is 4.29. The number of hydrogen-bond acceptors (Lipinski definition) is 6. The highest BCUT2D eigenvalue weighted by molar-refractivity contribution is 7.89. The van der Waals surface area contributed by atoms with E-state index in [0.717, 1.165) is 10.7 Å². The lowest BCUT2D eigenvalue weighted by Crippen LogP contribution is -2.23. The Balaban J connectivity index is 1.80. The third-order valence-electron chi connectivity index (χ3n) is 4.43. The number of nitrogens with one attached hydrogen (secondary N) is 1. The summed E-state index contributed by atoms with van der Waals surface area (Å²) in [4.78, 5) is 12.5. The van der Waals surface area contributed by atoms with E-state index in [1.807, 2.05) is 0 Å². The highest BCUT2D eigenvalue weighted by Gasteiger charge is 2.23. The first-order chi connectivity index (χ1) is 14.2. The minimum Gasteiger partial charge on any atom is -0.495 e. The van der Waals surface area contributed by atoms with E-state index in [4.69, 9.17) is 25.8 Å². The van der Waals surface area contributed by atoms with Crippen LogP contribution < -0.4 is 19.5 Å². The maximum atomic E-state index is 12.6. The number of rotatable bonds is 6. The molecule has 0 fully saturated rings. The minimum atomic E-state index is -3.75. The molecule has 8 nitrogen and oxygen atoms in total. The first kappa shape index (κ1) is 22.2. The van der Waals surface area contributed by atoms with Crippen molar-refractivity contribution in [3.8, 4) is 17.2 Å². The Morgan fingerprint density at radius 3 is 2.63 bits per heavy atom. The number of methoxy groups -OCH3 is 1. The predicted molar refractivity (Wildman–Crippen MR) is 113 cm³/mol. The fourth-order valence-electron chi connectivity index (χ4n) is 2.93. The number of fused-ring (bicyclic) bond motifs is 1. The van der Waals surface area contributed by atoms with Crippen LogP contribution in [-0.4, -0.2) is 53.0 Å². The molecule has 2 aromatic carbocycles. The van der Waals surface area contributed by atoms with Gasteiger partial charge in [0.1, 0.15) is 10.6 Å². The molecule has 1 amide bonds. The van der Waals surface area contributed by atoms with E-state index in [-0.39, 0.29) is 23.0 Å². The van der Waals surface area contributed by atoms with Crippen molar-refractivity contribution >= 4 is 33.2 Å². The van der Waals surface area contributed by atoms with E-state index >= 15 is 0 Å². The van der Waals surface area contributed by atoms with Gasteiger partial charge in [-0.25, -0.2) is 12.7 Å². The van der Waals surface area contributed by atoms with Crippen LogP contribution in [0.25, 0.3) is 0 Å². The second-order valence-corrected chi connectivity index (χ2v) is 9.36. The molecule has 3 rings (SSSR count). The van der Waals surface area contributed by atoms with Crippen LogP contribution in [-0.2, 0) is 21.2 Å². The van der Waals surface area contributed by atoms with Gasteiger partial charge in [-0.1, -0.05) is 11.6 Å². The molecule has 2 aromatic rings. The molecule has 162 valence electrons. The maximum Gasteiger partial charge on any atom is 0.246 e. The van der Waals surface area contributed by atoms with Crippen LogP contribution in [0.2, 0.25) is 5.02 Å². The standard InChI is InChI=1S/C20H23ClN2O6S/c1-23(2)30(25,26)18-12-14(5-6-16(18)27-3)22-19(24)11-13-9-15(21)20-17(10-13)28-7-4-8-29-20/h5-6,9-10,12H,4,7-8,11H2,1-3H3,(H,22,24). The normalized spacial score (nSPS) is 13.6. The van der Waals surface area contributed by atoms with Gasteiger partial charge in [-0.15, -0.1) is 0 Å². The molecule has 0 aliphatic carbocycles. The number of carbonyl (C=O) groups is 1. The van der Waals surface area contributed by atoms with E-state index in [1.165, 1.54) is 33.3 Å². The van der Waals surface area contributed by atoms with Crippen molar-refractivity contribution in [3.05, 3.63) is 40.9 Å². The molecule has 1 heterocycles. The van der Waals surface area contributed by atoms with E-state index < -0.39 is 10.0 Å². The predicted octanol–water partition coefficient (Wildman–Crippen LogP) is 2.94. The van der Waals surface area contributed by atoms with Gasteiger partial charge < -0.3 is 19.5 Å². The Morgan fingerprint density at radius 1 is 1.20 bits per heavy atom. The quantitative estimate of drug-likeness (QED) is 0.721. The molecule has 10 heteroatoms. The lowest BCUT2D eigenvalue weighted by Gasteiger charge is -2.16. The highest BCUT2D eigenvalue weighted by Crippen LogP contribution is 2.38. The lowest BCUT2D eigenvalue weighted by molar-refractivity contribution is -0.115. The number of halogens is 1. The number of benzene rings is 2. The van der Waals surface area contributed by atoms with Crippen LogP contribution in [0.1, 0.15) is 12.0 Å². The van der Waals surface area contributed by atoms with Gasteiger partial charge in [0.2, 0.25) is 15.9 Å². The SMILES string of the molecule is COc1ccc(NC(=O)Cc2cc(Cl)c3c(c2)OCCCO3)cc1S(=O)(=O)N(C)C. The monoisotopic (exact) mass is 454 g/mol. The summed E-state index contributed by atoms with van der Waals surface area (Å²) in [6, 6.07) is 7.82. The van der Waals surface area contributed by atoms with Gasteiger partial charge in [0.25, 0.3) is 0 Å². The Labute approximate surface area is 180 Å². The number of anilines is 1. The molecule has 30 heavy (non-hydrogen) atoms. The molecule has 0 saturated carbocycles. The van der Waals surface area contributed by atoms with Crippen LogP contribution in [0.3, 0.4) is 0 Å². The van der Waals surface area contributed by atoms with Crippen molar-refractivity contribution in [1.82, 2.24) is 4.31 Å². The van der Waals surface area contributed by atoms with Crippen LogP contribution in [0.4, 0.5) is 5.69 Å². The van der Waals surface area contributed by atoms with Gasteiger partial charge in [0.05, 0.1) is 31.8 Å². The number of nitrogens with zero attached hydrogens (tertiary/aromatic N) is 1. The average molecular weight is 455 g/mol. The topological polar surface area (TPSA) is 94.2 Å². The molecular weight excluding hydrogens is 432 g/mol. The maximum absolute atomic E-state index is 12.6. The zero-order valence-corrected chi connectivity index (χ0v) is 18.5. The van der Waals surface area contributed by atoms with Crippen LogP contribution in [0.5, 0.6) is 17.2 Å². The third kappa shape index (κ3) is 4.80. The summed E-state index contributed by atoms with van der Waals surface area (Å²) in [7, 11) is 0.487. The largest absolute Gasteiger partial charge is 0.495 e. The molecule has 0 atom stereocenters. The fraction of sp³-hybridized carbons (Fsp3) is 0.350. The lowest BCUT2D eigenvalue weighted by atomic mass is 10.1. The smallest absolute Gasteiger partial charge is 0.246 e. The summed E-state index contributed by atoms with van der Waals surface area (Å²) in [6.45, 7) is 1.02. The summed E-state index contributed by atoms with van der Waals surface area (Å²) in [5.74, 6) is 0.842. The van der Waals surface area contributed by atoms with E-state index in [2.05, 4.69) is 5.32 Å². The number of carbonyl (C=O) groups excluding carboxylic acids is 1.